The first-order valence-electron chi connectivity index (χ1n) is 10.4. The fourth-order valence-electron chi connectivity index (χ4n) is 3.41. The molecule has 0 saturated heterocycles. The van der Waals surface area contributed by atoms with Crippen LogP contribution in [0.2, 0.25) is 0 Å². The number of carbonyl (C=O) groups is 1. The number of nitrogens with one attached hydrogen (secondary N) is 1. The Morgan fingerprint density at radius 2 is 1.94 bits per heavy atom. The Kier molecular flexibility index (Phi) is 6.48. The Morgan fingerprint density at radius 1 is 1.16 bits per heavy atom. The van der Waals surface area contributed by atoms with Crippen molar-refractivity contribution < 1.29 is 23.4 Å². The summed E-state index contributed by atoms with van der Waals surface area (Å²) in [6.45, 7) is 0.926. The summed E-state index contributed by atoms with van der Waals surface area (Å²) < 4.78 is 32.8. The van der Waals surface area contributed by atoms with Crippen LogP contribution < -0.4 is 14.8 Å². The van der Waals surface area contributed by atoms with Crippen molar-refractivity contribution in [1.82, 2.24) is 19.7 Å². The van der Waals surface area contributed by atoms with Crippen LogP contribution in [0.25, 0.3) is 11.3 Å². The Morgan fingerprint density at radius 3 is 2.72 bits per heavy atom. The first kappa shape index (κ1) is 21.5. The number of fused-ring (bicyclic) bond motifs is 6. The number of esters is 1. The normalized spacial score (nSPS) is 14.2. The van der Waals surface area contributed by atoms with Crippen LogP contribution in [0.5, 0.6) is 11.6 Å². The largest absolute Gasteiger partial charge is 0.493 e. The van der Waals surface area contributed by atoms with E-state index in [4.69, 9.17) is 14.2 Å². The maximum absolute atomic E-state index is 14.6. The minimum absolute atomic E-state index is 0.0811. The van der Waals surface area contributed by atoms with E-state index in [0.29, 0.717) is 41.7 Å². The monoisotopic (exact) mass is 441 g/mol. The standard InChI is InChI=1S/C22H24FN5O4/c1-28-20-16(12-25-28)19-17(23)13-24-22(27-19)26-14-7-8-15(21(29)30-2)18(11-14)31-9-5-3-4-6-10-32-20/h7-8,11-13H,3-6,9-10H2,1-2H3,(H,24,26,27). The zero-order valence-electron chi connectivity index (χ0n) is 17.9. The van der Waals surface area contributed by atoms with Crippen LogP contribution in [-0.2, 0) is 11.8 Å². The van der Waals surface area contributed by atoms with Gasteiger partial charge in [0.15, 0.2) is 5.82 Å². The van der Waals surface area contributed by atoms with Gasteiger partial charge in [-0.15, -0.1) is 0 Å². The van der Waals surface area contributed by atoms with E-state index < -0.39 is 11.8 Å². The summed E-state index contributed by atoms with van der Waals surface area (Å²) in [5, 5.41) is 7.24. The summed E-state index contributed by atoms with van der Waals surface area (Å²) in [5.74, 6) is -0.0509. The molecule has 3 aromatic rings. The number of benzene rings is 1. The van der Waals surface area contributed by atoms with Crippen LogP contribution in [0.15, 0.2) is 30.6 Å². The fourth-order valence-corrected chi connectivity index (χ4v) is 3.41. The van der Waals surface area contributed by atoms with Gasteiger partial charge in [0.2, 0.25) is 11.8 Å². The summed E-state index contributed by atoms with van der Waals surface area (Å²) in [4.78, 5) is 20.5. The van der Waals surface area contributed by atoms with Gasteiger partial charge in [0.05, 0.1) is 38.3 Å². The van der Waals surface area contributed by atoms with Gasteiger partial charge in [-0.2, -0.15) is 5.10 Å². The smallest absolute Gasteiger partial charge is 0.341 e. The lowest BCUT2D eigenvalue weighted by Crippen LogP contribution is -2.08. The first-order chi connectivity index (χ1) is 15.6. The van der Waals surface area contributed by atoms with E-state index in [1.165, 1.54) is 13.3 Å². The predicted octanol–water partition coefficient (Wildman–Crippen LogP) is 3.88. The third kappa shape index (κ3) is 4.63. The number of aryl methyl sites for hydroxylation is 1. The maximum atomic E-state index is 14.6. The van der Waals surface area contributed by atoms with Gasteiger partial charge < -0.3 is 19.5 Å². The summed E-state index contributed by atoms with van der Waals surface area (Å²) in [6, 6.07) is 4.96. The summed E-state index contributed by atoms with van der Waals surface area (Å²) >= 11 is 0. The lowest BCUT2D eigenvalue weighted by molar-refractivity contribution is 0.0596. The van der Waals surface area contributed by atoms with Gasteiger partial charge in [0.25, 0.3) is 0 Å². The van der Waals surface area contributed by atoms with E-state index in [2.05, 4.69) is 20.4 Å². The van der Waals surface area contributed by atoms with Crippen molar-refractivity contribution >= 4 is 17.6 Å². The van der Waals surface area contributed by atoms with Crippen LogP contribution in [0.1, 0.15) is 36.0 Å². The van der Waals surface area contributed by atoms with Gasteiger partial charge >= 0.3 is 5.97 Å². The van der Waals surface area contributed by atoms with E-state index in [1.54, 1.807) is 29.9 Å². The van der Waals surface area contributed by atoms with Crippen molar-refractivity contribution in [2.24, 2.45) is 7.05 Å². The molecule has 0 aliphatic carbocycles. The molecule has 0 amide bonds. The second-order valence-electron chi connectivity index (χ2n) is 7.32. The Bertz CT molecular complexity index is 1120. The highest BCUT2D eigenvalue weighted by Gasteiger charge is 2.20. The van der Waals surface area contributed by atoms with Crippen LogP contribution in [-0.4, -0.2) is 46.0 Å². The molecule has 1 aromatic carbocycles. The molecular weight excluding hydrogens is 417 g/mol. The van der Waals surface area contributed by atoms with E-state index >= 15 is 0 Å². The third-order valence-corrected chi connectivity index (χ3v) is 5.06. The van der Waals surface area contributed by atoms with E-state index in [9.17, 15) is 9.18 Å². The van der Waals surface area contributed by atoms with E-state index in [1.807, 2.05) is 0 Å². The molecule has 0 fully saturated rings. The average molecular weight is 441 g/mol. The van der Waals surface area contributed by atoms with Gasteiger partial charge in [0.1, 0.15) is 17.0 Å². The lowest BCUT2D eigenvalue weighted by Gasteiger charge is -2.13. The minimum Gasteiger partial charge on any atom is -0.493 e. The van der Waals surface area contributed by atoms with Crippen LogP contribution >= 0.6 is 0 Å². The quantitative estimate of drug-likeness (QED) is 0.568. The molecule has 9 nitrogen and oxygen atoms in total. The van der Waals surface area contributed by atoms with Gasteiger partial charge in [-0.3, -0.25) is 0 Å². The zero-order valence-corrected chi connectivity index (χ0v) is 17.9. The third-order valence-electron chi connectivity index (χ3n) is 5.06. The van der Waals surface area contributed by atoms with Gasteiger partial charge in [0, 0.05) is 18.8 Å². The highest BCUT2D eigenvalue weighted by molar-refractivity contribution is 5.93. The number of hydrogen-bond donors (Lipinski definition) is 1. The van der Waals surface area contributed by atoms with Crippen LogP contribution in [0, 0.1) is 5.82 Å². The topological polar surface area (TPSA) is 100 Å². The molecule has 168 valence electrons. The Labute approximate surface area is 184 Å². The molecule has 0 atom stereocenters. The minimum atomic E-state index is -0.587. The van der Waals surface area contributed by atoms with Crippen molar-refractivity contribution in [2.75, 3.05) is 25.6 Å². The lowest BCUT2D eigenvalue weighted by atomic mass is 10.1. The SMILES string of the molecule is COC(=O)c1ccc2cc1OCCCCCCOc1c(cnn1C)-c1nc(ncc1F)N2. The molecular formula is C22H24FN5O4. The average Bonchev–Trinajstić information content (AvgIpc) is 3.16. The molecule has 3 heterocycles. The Hall–Kier alpha value is -3.69. The van der Waals surface area contributed by atoms with Crippen molar-refractivity contribution in [1.29, 1.82) is 0 Å². The molecule has 1 aliphatic rings. The molecule has 10 heteroatoms. The number of aromatic nitrogens is 4. The molecule has 0 radical (unpaired) electrons. The van der Waals surface area contributed by atoms with Gasteiger partial charge in [-0.1, -0.05) is 0 Å². The molecule has 1 aliphatic heterocycles. The summed E-state index contributed by atoms with van der Waals surface area (Å²) in [5.41, 5.74) is 1.43. The molecule has 0 saturated carbocycles. The predicted molar refractivity (Wildman–Crippen MR) is 115 cm³/mol. The van der Waals surface area contributed by atoms with Crippen molar-refractivity contribution in [3.63, 3.8) is 0 Å². The molecule has 1 N–H and O–H groups in total. The van der Waals surface area contributed by atoms with Crippen molar-refractivity contribution in [3.8, 4) is 22.9 Å². The molecule has 2 aromatic heterocycles. The summed E-state index contributed by atoms with van der Waals surface area (Å²) in [7, 11) is 3.06. The van der Waals surface area contributed by atoms with Crippen molar-refractivity contribution in [3.05, 3.63) is 42.0 Å². The molecule has 4 bridgehead atoms. The molecule has 0 spiro atoms. The fraction of sp³-hybridized carbons (Fsp3) is 0.364. The zero-order chi connectivity index (χ0) is 22.5. The maximum Gasteiger partial charge on any atom is 0.341 e. The summed E-state index contributed by atoms with van der Waals surface area (Å²) in [6.07, 6.45) is 6.14. The number of hydrogen-bond acceptors (Lipinski definition) is 8. The van der Waals surface area contributed by atoms with Crippen LogP contribution in [0.3, 0.4) is 0 Å². The van der Waals surface area contributed by atoms with E-state index in [-0.39, 0.29) is 11.6 Å². The Balaban J connectivity index is 1.73. The number of methoxy groups -OCH3 is 1. The number of rotatable bonds is 1. The number of carbonyl (C=O) groups excluding carboxylic acids is 1. The van der Waals surface area contributed by atoms with Gasteiger partial charge in [-0.05, 0) is 37.8 Å². The van der Waals surface area contributed by atoms with Crippen molar-refractivity contribution in [2.45, 2.75) is 25.7 Å². The van der Waals surface area contributed by atoms with Crippen LogP contribution in [0.4, 0.5) is 16.0 Å². The highest BCUT2D eigenvalue weighted by atomic mass is 19.1. The highest BCUT2D eigenvalue weighted by Crippen LogP contribution is 2.32. The second kappa shape index (κ2) is 9.63. The number of nitrogens with zero attached hydrogens (tertiary/aromatic N) is 4. The molecule has 0 unspecified atom stereocenters. The van der Waals surface area contributed by atoms with Gasteiger partial charge in [-0.25, -0.2) is 23.8 Å². The number of halogens is 1. The number of ether oxygens (including phenoxy) is 3. The molecule has 4 rings (SSSR count). The molecule has 32 heavy (non-hydrogen) atoms. The van der Waals surface area contributed by atoms with E-state index in [0.717, 1.165) is 31.9 Å². The number of anilines is 2. The second-order valence-corrected chi connectivity index (χ2v) is 7.32. The first-order valence-corrected chi connectivity index (χ1v) is 10.4.